The first-order valence-electron chi connectivity index (χ1n) is 3.88. The first-order valence-corrected chi connectivity index (χ1v) is 4.26. The van der Waals surface area contributed by atoms with Crippen molar-refractivity contribution in [3.63, 3.8) is 0 Å². The Morgan fingerprint density at radius 1 is 1.46 bits per heavy atom. The number of nitrogens with two attached hydrogens (primary N) is 1. The van der Waals surface area contributed by atoms with Crippen LogP contribution in [0.15, 0.2) is 18.2 Å². The van der Waals surface area contributed by atoms with E-state index in [0.717, 1.165) is 11.2 Å². The summed E-state index contributed by atoms with van der Waals surface area (Å²) in [5.74, 6) is -0.294. The fraction of sp³-hybridized carbons (Fsp3) is 0.111. The zero-order chi connectivity index (χ0) is 9.42. The van der Waals surface area contributed by atoms with Crippen molar-refractivity contribution in [3.05, 3.63) is 34.7 Å². The van der Waals surface area contributed by atoms with E-state index in [1.54, 1.807) is 6.07 Å². The van der Waals surface area contributed by atoms with Crippen LogP contribution in [0.5, 0.6) is 0 Å². The van der Waals surface area contributed by atoms with Gasteiger partial charge in [-0.1, -0.05) is 11.6 Å². The summed E-state index contributed by atoms with van der Waals surface area (Å²) < 4.78 is 12.8. The van der Waals surface area contributed by atoms with E-state index < -0.39 is 0 Å². The standard InChI is InChI=1S/C9H8ClFN2/c10-9-6-3-5(11)1-2-7(6)13-8(9)4-12/h1-3,13H,4,12H2. The Balaban J connectivity index is 2.77. The van der Waals surface area contributed by atoms with E-state index in [0.29, 0.717) is 17.0 Å². The molecule has 3 N–H and O–H groups in total. The molecule has 0 fully saturated rings. The summed E-state index contributed by atoms with van der Waals surface area (Å²) in [6, 6.07) is 4.43. The molecule has 0 saturated heterocycles. The zero-order valence-electron chi connectivity index (χ0n) is 6.77. The average molecular weight is 199 g/mol. The van der Waals surface area contributed by atoms with E-state index in [-0.39, 0.29) is 5.82 Å². The van der Waals surface area contributed by atoms with Gasteiger partial charge in [0.25, 0.3) is 0 Å². The molecule has 1 heterocycles. The molecule has 13 heavy (non-hydrogen) atoms. The van der Waals surface area contributed by atoms with Crippen LogP contribution in [-0.2, 0) is 6.54 Å². The first kappa shape index (κ1) is 8.53. The van der Waals surface area contributed by atoms with Crippen molar-refractivity contribution in [1.82, 2.24) is 4.98 Å². The summed E-state index contributed by atoms with van der Waals surface area (Å²) >= 11 is 5.95. The minimum Gasteiger partial charge on any atom is -0.356 e. The van der Waals surface area contributed by atoms with E-state index in [2.05, 4.69) is 4.98 Å². The number of rotatable bonds is 1. The van der Waals surface area contributed by atoms with Gasteiger partial charge in [-0.25, -0.2) is 4.39 Å². The molecule has 2 nitrogen and oxygen atoms in total. The largest absolute Gasteiger partial charge is 0.356 e. The molecule has 0 spiro atoms. The lowest BCUT2D eigenvalue weighted by Crippen LogP contribution is -1.96. The van der Waals surface area contributed by atoms with Gasteiger partial charge in [0.05, 0.1) is 5.02 Å². The van der Waals surface area contributed by atoms with E-state index >= 15 is 0 Å². The Hall–Kier alpha value is -1.06. The van der Waals surface area contributed by atoms with Crippen LogP contribution in [0.25, 0.3) is 10.9 Å². The quantitative estimate of drug-likeness (QED) is 0.726. The van der Waals surface area contributed by atoms with Crippen molar-refractivity contribution in [2.24, 2.45) is 5.73 Å². The summed E-state index contributed by atoms with van der Waals surface area (Å²) in [5.41, 5.74) is 6.99. The van der Waals surface area contributed by atoms with Crippen LogP contribution >= 0.6 is 11.6 Å². The smallest absolute Gasteiger partial charge is 0.124 e. The number of fused-ring (bicyclic) bond motifs is 1. The molecule has 0 aliphatic heterocycles. The molecule has 2 aromatic rings. The highest BCUT2D eigenvalue weighted by atomic mass is 35.5. The number of H-pyrrole nitrogens is 1. The Kier molecular flexibility index (Phi) is 1.98. The fourth-order valence-electron chi connectivity index (χ4n) is 1.33. The number of hydrogen-bond acceptors (Lipinski definition) is 1. The molecule has 2 rings (SSSR count). The molecule has 0 amide bonds. The van der Waals surface area contributed by atoms with Gasteiger partial charge in [-0.15, -0.1) is 0 Å². The van der Waals surface area contributed by atoms with Gasteiger partial charge in [-0.05, 0) is 18.2 Å². The molecule has 0 unspecified atom stereocenters. The number of hydrogen-bond donors (Lipinski definition) is 2. The van der Waals surface area contributed by atoms with Crippen molar-refractivity contribution in [1.29, 1.82) is 0 Å². The average Bonchev–Trinajstić information content (AvgIpc) is 2.44. The molecular formula is C9H8ClFN2. The van der Waals surface area contributed by atoms with Gasteiger partial charge in [-0.2, -0.15) is 0 Å². The van der Waals surface area contributed by atoms with Crippen LogP contribution in [0, 0.1) is 5.82 Å². The maximum absolute atomic E-state index is 12.8. The van der Waals surface area contributed by atoms with Crippen molar-refractivity contribution in [2.45, 2.75) is 6.54 Å². The molecule has 4 heteroatoms. The normalized spacial score (nSPS) is 11.0. The number of aromatic nitrogens is 1. The number of aromatic amines is 1. The van der Waals surface area contributed by atoms with Gasteiger partial charge in [0.2, 0.25) is 0 Å². The highest BCUT2D eigenvalue weighted by molar-refractivity contribution is 6.36. The van der Waals surface area contributed by atoms with Gasteiger partial charge >= 0.3 is 0 Å². The lowest BCUT2D eigenvalue weighted by atomic mass is 10.2. The van der Waals surface area contributed by atoms with Crippen LogP contribution in [0.3, 0.4) is 0 Å². The monoisotopic (exact) mass is 198 g/mol. The Morgan fingerprint density at radius 3 is 2.92 bits per heavy atom. The fourth-order valence-corrected chi connectivity index (χ4v) is 1.61. The van der Waals surface area contributed by atoms with Gasteiger partial charge in [0.15, 0.2) is 0 Å². The number of halogens is 2. The molecular weight excluding hydrogens is 191 g/mol. The van der Waals surface area contributed by atoms with Crippen LogP contribution in [0.2, 0.25) is 5.02 Å². The van der Waals surface area contributed by atoms with Crippen LogP contribution in [0.4, 0.5) is 4.39 Å². The number of benzene rings is 1. The summed E-state index contributed by atoms with van der Waals surface area (Å²) in [4.78, 5) is 3.02. The SMILES string of the molecule is NCc1[nH]c2ccc(F)cc2c1Cl. The molecule has 68 valence electrons. The van der Waals surface area contributed by atoms with E-state index in [1.165, 1.54) is 12.1 Å². The highest BCUT2D eigenvalue weighted by Gasteiger charge is 2.08. The van der Waals surface area contributed by atoms with Crippen molar-refractivity contribution in [2.75, 3.05) is 0 Å². The van der Waals surface area contributed by atoms with E-state index in [9.17, 15) is 4.39 Å². The Morgan fingerprint density at radius 2 is 2.23 bits per heavy atom. The minimum atomic E-state index is -0.294. The van der Waals surface area contributed by atoms with E-state index in [1.807, 2.05) is 0 Å². The van der Waals surface area contributed by atoms with Crippen molar-refractivity contribution in [3.8, 4) is 0 Å². The molecule has 1 aromatic carbocycles. The summed E-state index contributed by atoms with van der Waals surface area (Å²) in [6.45, 7) is 0.329. The number of nitrogens with one attached hydrogen (secondary N) is 1. The van der Waals surface area contributed by atoms with Gasteiger partial charge in [0, 0.05) is 23.1 Å². The third-order valence-corrected chi connectivity index (χ3v) is 2.40. The Labute approximate surface area is 79.5 Å². The van der Waals surface area contributed by atoms with Gasteiger partial charge in [-0.3, -0.25) is 0 Å². The molecule has 1 aromatic heterocycles. The summed E-state index contributed by atoms with van der Waals surface area (Å²) in [5, 5.41) is 1.19. The maximum atomic E-state index is 12.8. The molecule has 0 aliphatic rings. The minimum absolute atomic E-state index is 0.294. The highest BCUT2D eigenvalue weighted by Crippen LogP contribution is 2.27. The van der Waals surface area contributed by atoms with Crippen molar-refractivity contribution >= 4 is 22.5 Å². The second-order valence-electron chi connectivity index (χ2n) is 2.81. The molecule has 0 bridgehead atoms. The van der Waals surface area contributed by atoms with Crippen LogP contribution in [0.1, 0.15) is 5.69 Å². The maximum Gasteiger partial charge on any atom is 0.124 e. The second-order valence-corrected chi connectivity index (χ2v) is 3.19. The molecule has 0 saturated carbocycles. The van der Waals surface area contributed by atoms with Crippen LogP contribution < -0.4 is 5.73 Å². The van der Waals surface area contributed by atoms with E-state index in [4.69, 9.17) is 17.3 Å². The third kappa shape index (κ3) is 1.30. The summed E-state index contributed by atoms with van der Waals surface area (Å²) in [6.07, 6.45) is 0. The summed E-state index contributed by atoms with van der Waals surface area (Å²) in [7, 11) is 0. The lowest BCUT2D eigenvalue weighted by Gasteiger charge is -1.90. The second kappa shape index (κ2) is 3.01. The zero-order valence-corrected chi connectivity index (χ0v) is 7.53. The van der Waals surface area contributed by atoms with Gasteiger partial charge in [0.1, 0.15) is 5.82 Å². The molecule has 0 radical (unpaired) electrons. The molecule has 0 atom stereocenters. The predicted octanol–water partition coefficient (Wildman–Crippen LogP) is 2.42. The van der Waals surface area contributed by atoms with Crippen LogP contribution in [-0.4, -0.2) is 4.98 Å². The third-order valence-electron chi connectivity index (χ3n) is 1.97. The molecule has 0 aliphatic carbocycles. The first-order chi connectivity index (χ1) is 6.22. The van der Waals surface area contributed by atoms with Crippen molar-refractivity contribution < 1.29 is 4.39 Å². The lowest BCUT2D eigenvalue weighted by molar-refractivity contribution is 0.630. The van der Waals surface area contributed by atoms with Gasteiger partial charge < -0.3 is 10.7 Å². The Bertz CT molecular complexity index is 450. The topological polar surface area (TPSA) is 41.8 Å². The predicted molar refractivity (Wildman–Crippen MR) is 51.2 cm³/mol.